The number of ether oxygens (including phenoxy) is 1. The number of thiophene rings is 1. The van der Waals surface area contributed by atoms with Crippen LogP contribution in [0, 0.1) is 0 Å². The van der Waals surface area contributed by atoms with Crippen LogP contribution in [0.2, 0.25) is 0 Å². The molecule has 114 valence electrons. The highest BCUT2D eigenvalue weighted by Gasteiger charge is 2.10. The van der Waals surface area contributed by atoms with Crippen molar-refractivity contribution in [2.45, 2.75) is 13.1 Å². The highest BCUT2D eigenvalue weighted by Crippen LogP contribution is 2.24. The Bertz CT molecular complexity index is 722. The summed E-state index contributed by atoms with van der Waals surface area (Å²) >= 11 is 1.63. The van der Waals surface area contributed by atoms with Gasteiger partial charge in [0.25, 0.3) is 0 Å². The van der Waals surface area contributed by atoms with Crippen LogP contribution in [0.25, 0.3) is 10.8 Å². The average Bonchev–Trinajstić information content (AvgIpc) is 3.18. The fourth-order valence-corrected chi connectivity index (χ4v) is 2.96. The molecule has 0 saturated heterocycles. The molecular formula is C17H18N2O2S. The molecule has 1 aromatic carbocycles. The monoisotopic (exact) mass is 314 g/mol. The number of benzene rings is 1. The van der Waals surface area contributed by atoms with Gasteiger partial charge in [-0.25, -0.2) is 4.98 Å². The van der Waals surface area contributed by atoms with Crippen LogP contribution in [0.5, 0.6) is 5.75 Å². The van der Waals surface area contributed by atoms with Crippen LogP contribution < -0.4 is 4.74 Å². The Kier molecular flexibility index (Phi) is 4.56. The van der Waals surface area contributed by atoms with Crippen molar-refractivity contribution in [1.29, 1.82) is 0 Å². The lowest BCUT2D eigenvalue weighted by molar-refractivity contribution is 0.314. The van der Waals surface area contributed by atoms with E-state index < -0.39 is 0 Å². The van der Waals surface area contributed by atoms with Crippen molar-refractivity contribution in [3.05, 3.63) is 59.3 Å². The number of rotatable bonds is 6. The lowest BCUT2D eigenvalue weighted by Crippen LogP contribution is -2.17. The van der Waals surface area contributed by atoms with Crippen molar-refractivity contribution in [2.75, 3.05) is 14.2 Å². The molecular weight excluding hydrogens is 296 g/mol. The van der Waals surface area contributed by atoms with E-state index in [1.807, 2.05) is 29.6 Å². The maximum Gasteiger partial charge on any atom is 0.236 e. The zero-order valence-electron chi connectivity index (χ0n) is 12.7. The molecule has 3 aromatic rings. The van der Waals surface area contributed by atoms with Crippen LogP contribution in [0.15, 0.2) is 52.5 Å². The first kappa shape index (κ1) is 14.8. The number of methoxy groups -OCH3 is 1. The van der Waals surface area contributed by atoms with Crippen molar-refractivity contribution in [2.24, 2.45) is 0 Å². The topological polar surface area (TPSA) is 38.5 Å². The number of nitrogens with zero attached hydrogens (tertiary/aromatic N) is 2. The van der Waals surface area contributed by atoms with E-state index in [0.29, 0.717) is 5.89 Å². The predicted octanol–water partition coefficient (Wildman–Crippen LogP) is 4.04. The second-order valence-corrected chi connectivity index (χ2v) is 6.09. The van der Waals surface area contributed by atoms with Gasteiger partial charge in [0.05, 0.1) is 17.7 Å². The molecule has 2 heterocycles. The lowest BCUT2D eigenvalue weighted by Gasteiger charge is -2.15. The third-order valence-electron chi connectivity index (χ3n) is 3.30. The molecule has 5 heteroatoms. The number of hydrogen-bond donors (Lipinski definition) is 0. The van der Waals surface area contributed by atoms with E-state index in [1.54, 1.807) is 24.7 Å². The van der Waals surface area contributed by atoms with Crippen molar-refractivity contribution < 1.29 is 9.15 Å². The first-order valence-corrected chi connectivity index (χ1v) is 7.92. The summed E-state index contributed by atoms with van der Waals surface area (Å²) in [5.74, 6) is 1.58. The van der Waals surface area contributed by atoms with Gasteiger partial charge in [-0.2, -0.15) is 0 Å². The second kappa shape index (κ2) is 6.77. The Morgan fingerprint density at radius 1 is 1.23 bits per heavy atom. The highest BCUT2D eigenvalue weighted by atomic mass is 32.1. The molecule has 0 saturated carbocycles. The fourth-order valence-electron chi connectivity index (χ4n) is 2.31. The van der Waals surface area contributed by atoms with Gasteiger partial charge in [0.1, 0.15) is 12.0 Å². The minimum absolute atomic E-state index is 0.694. The van der Waals surface area contributed by atoms with Crippen molar-refractivity contribution in [3.8, 4) is 16.5 Å². The zero-order valence-corrected chi connectivity index (χ0v) is 13.5. The molecule has 0 N–H and O–H groups in total. The number of aromatic nitrogens is 1. The summed E-state index contributed by atoms with van der Waals surface area (Å²) in [6.45, 7) is 1.57. The summed E-state index contributed by atoms with van der Waals surface area (Å²) in [6, 6.07) is 12.1. The molecule has 22 heavy (non-hydrogen) atoms. The highest BCUT2D eigenvalue weighted by molar-refractivity contribution is 7.13. The van der Waals surface area contributed by atoms with E-state index in [4.69, 9.17) is 9.15 Å². The molecule has 0 unspecified atom stereocenters. The smallest absolute Gasteiger partial charge is 0.236 e. The standard InChI is InChI=1S/C17H18N2O2S/c1-19(10-13-5-3-6-15(9-13)20-2)11-14-12-21-17(18-14)16-7-4-8-22-16/h3-9,12H,10-11H2,1-2H3. The van der Waals surface area contributed by atoms with E-state index in [9.17, 15) is 0 Å². The van der Waals surface area contributed by atoms with Crippen molar-refractivity contribution in [1.82, 2.24) is 9.88 Å². The number of hydrogen-bond acceptors (Lipinski definition) is 5. The van der Waals surface area contributed by atoms with E-state index in [0.717, 1.165) is 29.4 Å². The first-order valence-electron chi connectivity index (χ1n) is 7.04. The fraction of sp³-hybridized carbons (Fsp3) is 0.235. The minimum Gasteiger partial charge on any atom is -0.497 e. The lowest BCUT2D eigenvalue weighted by atomic mass is 10.2. The van der Waals surface area contributed by atoms with Crippen molar-refractivity contribution in [3.63, 3.8) is 0 Å². The average molecular weight is 314 g/mol. The van der Waals surface area contributed by atoms with Gasteiger partial charge in [-0.1, -0.05) is 18.2 Å². The van der Waals surface area contributed by atoms with Crippen LogP contribution in [0.4, 0.5) is 0 Å². The maximum atomic E-state index is 5.55. The van der Waals surface area contributed by atoms with Gasteiger partial charge in [0, 0.05) is 13.1 Å². The Morgan fingerprint density at radius 2 is 2.14 bits per heavy atom. The quantitative estimate of drug-likeness (QED) is 0.688. The van der Waals surface area contributed by atoms with Crippen LogP contribution in [0.3, 0.4) is 0 Å². The predicted molar refractivity (Wildman–Crippen MR) is 88.0 cm³/mol. The molecule has 0 atom stereocenters. The van der Waals surface area contributed by atoms with Gasteiger partial charge < -0.3 is 9.15 Å². The van der Waals surface area contributed by atoms with E-state index in [2.05, 4.69) is 29.1 Å². The molecule has 0 aliphatic carbocycles. The summed E-state index contributed by atoms with van der Waals surface area (Å²) in [5.41, 5.74) is 2.15. The van der Waals surface area contributed by atoms with Crippen molar-refractivity contribution >= 4 is 11.3 Å². The molecule has 4 nitrogen and oxygen atoms in total. The SMILES string of the molecule is COc1cccc(CN(C)Cc2coc(-c3cccs3)n2)c1. The van der Waals surface area contributed by atoms with Gasteiger partial charge in [0.2, 0.25) is 5.89 Å². The zero-order chi connectivity index (χ0) is 15.4. The van der Waals surface area contributed by atoms with Crippen LogP contribution in [-0.4, -0.2) is 24.0 Å². The molecule has 0 amide bonds. The number of oxazole rings is 1. The Hall–Kier alpha value is -2.11. The molecule has 2 aromatic heterocycles. The van der Waals surface area contributed by atoms with E-state index in [-0.39, 0.29) is 0 Å². The van der Waals surface area contributed by atoms with Crippen LogP contribution in [-0.2, 0) is 13.1 Å². The van der Waals surface area contributed by atoms with E-state index >= 15 is 0 Å². The molecule has 3 rings (SSSR count). The summed E-state index contributed by atoms with van der Waals surface area (Å²) in [6.07, 6.45) is 1.73. The summed E-state index contributed by atoms with van der Waals surface area (Å²) < 4.78 is 10.8. The molecule has 0 aliphatic heterocycles. The molecule has 0 spiro atoms. The summed E-state index contributed by atoms with van der Waals surface area (Å²) in [7, 11) is 3.75. The maximum absolute atomic E-state index is 5.55. The van der Waals surface area contributed by atoms with Gasteiger partial charge in [-0.05, 0) is 36.2 Å². The molecule has 0 fully saturated rings. The molecule has 0 radical (unpaired) electrons. The van der Waals surface area contributed by atoms with Gasteiger partial charge in [-0.3, -0.25) is 4.90 Å². The van der Waals surface area contributed by atoms with Crippen LogP contribution >= 0.6 is 11.3 Å². The molecule has 0 aliphatic rings. The largest absolute Gasteiger partial charge is 0.497 e. The normalized spacial score (nSPS) is 11.0. The second-order valence-electron chi connectivity index (χ2n) is 5.15. The third kappa shape index (κ3) is 3.55. The minimum atomic E-state index is 0.694. The Labute approximate surface area is 134 Å². The van der Waals surface area contributed by atoms with Gasteiger partial charge >= 0.3 is 0 Å². The summed E-state index contributed by atoms with van der Waals surface area (Å²) in [5, 5.41) is 2.02. The third-order valence-corrected chi connectivity index (χ3v) is 4.16. The Balaban J connectivity index is 1.63. The van der Waals surface area contributed by atoms with E-state index in [1.165, 1.54) is 5.56 Å². The first-order chi connectivity index (χ1) is 10.7. The summed E-state index contributed by atoms with van der Waals surface area (Å²) in [4.78, 5) is 7.80. The Morgan fingerprint density at radius 3 is 2.91 bits per heavy atom. The van der Waals surface area contributed by atoms with Gasteiger partial charge in [0.15, 0.2) is 0 Å². The molecule has 0 bridgehead atoms. The van der Waals surface area contributed by atoms with Gasteiger partial charge in [-0.15, -0.1) is 11.3 Å². The van der Waals surface area contributed by atoms with Crippen LogP contribution in [0.1, 0.15) is 11.3 Å².